The van der Waals surface area contributed by atoms with Crippen LogP contribution in [0.4, 0.5) is 0 Å². The quantitative estimate of drug-likeness (QED) is 0.755. The van der Waals surface area contributed by atoms with Crippen molar-refractivity contribution in [2.75, 3.05) is 13.1 Å². The molecule has 0 saturated heterocycles. The molecule has 1 unspecified atom stereocenters. The average molecular weight is 285 g/mol. The fourth-order valence-electron chi connectivity index (χ4n) is 1.74. The topological polar surface area (TPSA) is 38.0 Å². The molecule has 0 spiro atoms. The van der Waals surface area contributed by atoms with Crippen molar-refractivity contribution < 1.29 is 0 Å². The maximum atomic E-state index is 5.47. The van der Waals surface area contributed by atoms with Crippen LogP contribution < -0.4 is 11.1 Å². The number of nitrogens with two attached hydrogens (primary N) is 1. The molecule has 0 radical (unpaired) electrons. The molecular weight excluding hydrogens is 264 g/mol. The van der Waals surface area contributed by atoms with Gasteiger partial charge < -0.3 is 11.1 Å². The molecule has 0 saturated carbocycles. The van der Waals surface area contributed by atoms with Crippen molar-refractivity contribution in [3.8, 4) is 0 Å². The van der Waals surface area contributed by atoms with Crippen LogP contribution in [0.1, 0.15) is 37.8 Å². The van der Waals surface area contributed by atoms with Crippen LogP contribution in [0.25, 0.3) is 0 Å². The van der Waals surface area contributed by atoms with Crippen molar-refractivity contribution in [2.45, 2.75) is 32.2 Å². The molecule has 0 aliphatic heterocycles. The molecule has 3 heteroatoms. The zero-order valence-electron chi connectivity index (χ0n) is 9.88. The average Bonchev–Trinajstić information content (AvgIpc) is 2.31. The van der Waals surface area contributed by atoms with Gasteiger partial charge in [-0.1, -0.05) is 35.0 Å². The number of rotatable bonds is 7. The van der Waals surface area contributed by atoms with Crippen molar-refractivity contribution in [3.63, 3.8) is 0 Å². The summed E-state index contributed by atoms with van der Waals surface area (Å²) in [7, 11) is 0. The van der Waals surface area contributed by atoms with Crippen molar-refractivity contribution in [1.82, 2.24) is 5.32 Å². The molecule has 16 heavy (non-hydrogen) atoms. The summed E-state index contributed by atoms with van der Waals surface area (Å²) in [5.74, 6) is 0. The third-order valence-corrected chi connectivity index (χ3v) is 3.23. The fraction of sp³-hybridized carbons (Fsp3) is 0.538. The first kappa shape index (κ1) is 13.7. The van der Waals surface area contributed by atoms with E-state index < -0.39 is 0 Å². The minimum Gasteiger partial charge on any atom is -0.330 e. The van der Waals surface area contributed by atoms with Gasteiger partial charge in [-0.25, -0.2) is 0 Å². The lowest BCUT2D eigenvalue weighted by Gasteiger charge is -2.17. The highest BCUT2D eigenvalue weighted by atomic mass is 79.9. The summed E-state index contributed by atoms with van der Waals surface area (Å²) in [5.41, 5.74) is 6.83. The number of nitrogens with one attached hydrogen (secondary N) is 1. The van der Waals surface area contributed by atoms with E-state index in [1.165, 1.54) is 5.56 Å². The summed E-state index contributed by atoms with van der Waals surface area (Å²) in [6.45, 7) is 4.05. The molecule has 90 valence electrons. The summed E-state index contributed by atoms with van der Waals surface area (Å²) in [6, 6.07) is 9.01. The molecule has 1 atom stereocenters. The minimum absolute atomic E-state index is 0.464. The van der Waals surface area contributed by atoms with Gasteiger partial charge in [0.1, 0.15) is 0 Å². The van der Waals surface area contributed by atoms with Gasteiger partial charge >= 0.3 is 0 Å². The number of unbranched alkanes of at least 4 members (excludes halogenated alkanes) is 1. The third-order valence-electron chi connectivity index (χ3n) is 2.70. The maximum Gasteiger partial charge on any atom is 0.0317 e. The van der Waals surface area contributed by atoms with Crippen LogP contribution in [0.2, 0.25) is 0 Å². The second-order valence-electron chi connectivity index (χ2n) is 3.96. The molecular formula is C13H21BrN2. The predicted molar refractivity (Wildman–Crippen MR) is 73.5 cm³/mol. The standard InChI is InChI=1S/C13H21BrN2/c1-2-13(16-10-4-3-9-15)11-5-7-12(14)8-6-11/h5-8,13,16H,2-4,9-10,15H2,1H3. The van der Waals surface area contributed by atoms with Gasteiger partial charge in [0.25, 0.3) is 0 Å². The Balaban J connectivity index is 2.44. The second-order valence-corrected chi connectivity index (χ2v) is 4.88. The molecule has 0 amide bonds. The van der Waals surface area contributed by atoms with Gasteiger partial charge in [-0.05, 0) is 50.0 Å². The van der Waals surface area contributed by atoms with Crippen molar-refractivity contribution in [1.29, 1.82) is 0 Å². The first-order valence-corrected chi connectivity index (χ1v) is 6.76. The zero-order chi connectivity index (χ0) is 11.8. The van der Waals surface area contributed by atoms with Gasteiger partial charge in [-0.15, -0.1) is 0 Å². The molecule has 0 fully saturated rings. The molecule has 0 aliphatic rings. The predicted octanol–water partition coefficient (Wildman–Crippen LogP) is 3.23. The van der Waals surface area contributed by atoms with Gasteiger partial charge in [-0.2, -0.15) is 0 Å². The van der Waals surface area contributed by atoms with Crippen LogP contribution in [0.3, 0.4) is 0 Å². The highest BCUT2D eigenvalue weighted by molar-refractivity contribution is 9.10. The smallest absolute Gasteiger partial charge is 0.0317 e. The Morgan fingerprint density at radius 3 is 2.50 bits per heavy atom. The monoisotopic (exact) mass is 284 g/mol. The molecule has 1 aromatic carbocycles. The molecule has 3 N–H and O–H groups in total. The Kier molecular flexibility index (Phi) is 6.69. The minimum atomic E-state index is 0.464. The van der Waals surface area contributed by atoms with Crippen LogP contribution >= 0.6 is 15.9 Å². The lowest BCUT2D eigenvalue weighted by molar-refractivity contribution is 0.504. The molecule has 2 nitrogen and oxygen atoms in total. The summed E-state index contributed by atoms with van der Waals surface area (Å²) < 4.78 is 1.13. The summed E-state index contributed by atoms with van der Waals surface area (Å²) >= 11 is 3.46. The normalized spacial score (nSPS) is 12.7. The van der Waals surface area contributed by atoms with Crippen LogP contribution in [-0.2, 0) is 0 Å². The van der Waals surface area contributed by atoms with Crippen molar-refractivity contribution in [2.24, 2.45) is 5.73 Å². The number of halogens is 1. The van der Waals surface area contributed by atoms with Crippen LogP contribution in [0.15, 0.2) is 28.7 Å². The van der Waals surface area contributed by atoms with Crippen molar-refractivity contribution in [3.05, 3.63) is 34.3 Å². The van der Waals surface area contributed by atoms with Crippen LogP contribution in [-0.4, -0.2) is 13.1 Å². The first-order valence-electron chi connectivity index (χ1n) is 5.96. The largest absolute Gasteiger partial charge is 0.330 e. The maximum absolute atomic E-state index is 5.47. The van der Waals surface area contributed by atoms with Gasteiger partial charge in [0.05, 0.1) is 0 Å². The molecule has 0 aliphatic carbocycles. The zero-order valence-corrected chi connectivity index (χ0v) is 11.5. The highest BCUT2D eigenvalue weighted by Gasteiger charge is 2.07. The van der Waals surface area contributed by atoms with E-state index in [9.17, 15) is 0 Å². The molecule has 1 aromatic rings. The Morgan fingerprint density at radius 2 is 1.94 bits per heavy atom. The van der Waals surface area contributed by atoms with Crippen molar-refractivity contribution >= 4 is 15.9 Å². The number of hydrogen-bond donors (Lipinski definition) is 2. The number of hydrogen-bond acceptors (Lipinski definition) is 2. The first-order chi connectivity index (χ1) is 7.77. The number of benzene rings is 1. The van der Waals surface area contributed by atoms with Gasteiger partial charge in [0, 0.05) is 10.5 Å². The third kappa shape index (κ3) is 4.64. The van der Waals surface area contributed by atoms with E-state index in [2.05, 4.69) is 52.4 Å². The van der Waals surface area contributed by atoms with E-state index in [4.69, 9.17) is 5.73 Å². The van der Waals surface area contributed by atoms with E-state index in [1.54, 1.807) is 0 Å². The molecule has 0 aromatic heterocycles. The Labute approximate surface area is 107 Å². The highest BCUT2D eigenvalue weighted by Crippen LogP contribution is 2.19. The second kappa shape index (κ2) is 7.82. The van der Waals surface area contributed by atoms with E-state index >= 15 is 0 Å². The fourth-order valence-corrected chi connectivity index (χ4v) is 2.00. The Bertz CT molecular complexity index is 284. The lowest BCUT2D eigenvalue weighted by Crippen LogP contribution is -2.22. The van der Waals surface area contributed by atoms with E-state index in [0.29, 0.717) is 6.04 Å². The lowest BCUT2D eigenvalue weighted by atomic mass is 10.0. The summed E-state index contributed by atoms with van der Waals surface area (Å²) in [4.78, 5) is 0. The Morgan fingerprint density at radius 1 is 1.25 bits per heavy atom. The molecule has 0 heterocycles. The molecule has 0 bridgehead atoms. The summed E-state index contributed by atoms with van der Waals surface area (Å²) in [6.07, 6.45) is 3.37. The molecule has 1 rings (SSSR count). The SMILES string of the molecule is CCC(NCCCCN)c1ccc(Br)cc1. The van der Waals surface area contributed by atoms with E-state index in [0.717, 1.165) is 36.8 Å². The van der Waals surface area contributed by atoms with Gasteiger partial charge in [0.2, 0.25) is 0 Å². The van der Waals surface area contributed by atoms with Gasteiger partial charge in [0.15, 0.2) is 0 Å². The van der Waals surface area contributed by atoms with Crippen LogP contribution in [0, 0.1) is 0 Å². The van der Waals surface area contributed by atoms with Crippen LogP contribution in [0.5, 0.6) is 0 Å². The van der Waals surface area contributed by atoms with Gasteiger partial charge in [-0.3, -0.25) is 0 Å². The van der Waals surface area contributed by atoms with E-state index in [1.807, 2.05) is 0 Å². The van der Waals surface area contributed by atoms with E-state index in [-0.39, 0.29) is 0 Å². The summed E-state index contributed by atoms with van der Waals surface area (Å²) in [5, 5.41) is 3.57. The Hall–Kier alpha value is -0.380.